The van der Waals surface area contributed by atoms with Crippen LogP contribution in [-0.2, 0) is 24.3 Å². The summed E-state index contributed by atoms with van der Waals surface area (Å²) in [4.78, 5) is 16.6. The Balaban J connectivity index is 1.43. The minimum absolute atomic E-state index is 0.0547. The van der Waals surface area contributed by atoms with Crippen molar-refractivity contribution in [3.8, 4) is 6.07 Å². The van der Waals surface area contributed by atoms with E-state index in [9.17, 15) is 4.79 Å². The molecule has 1 N–H and O–H groups in total. The molecule has 0 saturated heterocycles. The number of aryl methyl sites for hydroxylation is 3. The van der Waals surface area contributed by atoms with E-state index in [1.807, 2.05) is 43.1 Å². The number of hydrogen-bond donors (Lipinski definition) is 1. The van der Waals surface area contributed by atoms with Crippen LogP contribution < -0.4 is 5.32 Å². The molecule has 0 aliphatic carbocycles. The molecule has 3 aromatic rings. The Morgan fingerprint density at radius 2 is 2.07 bits per heavy atom. The standard InChI is InChI=1S/C21H26N6O/c1-16-18(17(2)27(25-16)14-5-11-22)9-10-21(28)23-12-6-13-26-15-24-19-7-3-4-8-20(19)26/h3-4,7-8,15H,5-6,9-10,12-14H2,1-2H3,(H,23,28). The smallest absolute Gasteiger partial charge is 0.220 e. The molecule has 3 rings (SSSR count). The largest absolute Gasteiger partial charge is 0.356 e. The average Bonchev–Trinajstić information content (AvgIpc) is 3.23. The van der Waals surface area contributed by atoms with Gasteiger partial charge in [0.2, 0.25) is 5.91 Å². The predicted octanol–water partition coefficient (Wildman–Crippen LogP) is 2.90. The molecule has 2 aromatic heterocycles. The molecule has 28 heavy (non-hydrogen) atoms. The Morgan fingerprint density at radius 3 is 2.89 bits per heavy atom. The lowest BCUT2D eigenvalue weighted by atomic mass is 10.1. The molecule has 7 nitrogen and oxygen atoms in total. The first kappa shape index (κ1) is 19.6. The van der Waals surface area contributed by atoms with Crippen LogP contribution in [0, 0.1) is 25.2 Å². The lowest BCUT2D eigenvalue weighted by Crippen LogP contribution is -2.25. The molecule has 0 spiro atoms. The molecule has 2 heterocycles. The minimum atomic E-state index is 0.0547. The van der Waals surface area contributed by atoms with Gasteiger partial charge in [-0.05, 0) is 44.4 Å². The van der Waals surface area contributed by atoms with Crippen LogP contribution in [0.15, 0.2) is 30.6 Å². The van der Waals surface area contributed by atoms with Crippen LogP contribution in [0.5, 0.6) is 0 Å². The fraction of sp³-hybridized carbons (Fsp3) is 0.429. The molecule has 0 aliphatic rings. The van der Waals surface area contributed by atoms with Gasteiger partial charge in [0.25, 0.3) is 0 Å². The van der Waals surface area contributed by atoms with Crippen molar-refractivity contribution in [1.82, 2.24) is 24.6 Å². The molecule has 0 bridgehead atoms. The second-order valence-corrected chi connectivity index (χ2v) is 6.91. The lowest BCUT2D eigenvalue weighted by molar-refractivity contribution is -0.121. The van der Waals surface area contributed by atoms with Crippen LogP contribution in [0.3, 0.4) is 0 Å². The first-order valence-corrected chi connectivity index (χ1v) is 9.66. The summed E-state index contributed by atoms with van der Waals surface area (Å²) in [5, 5.41) is 16.2. The maximum absolute atomic E-state index is 12.2. The maximum Gasteiger partial charge on any atom is 0.220 e. The lowest BCUT2D eigenvalue weighted by Gasteiger charge is -2.07. The summed E-state index contributed by atoms with van der Waals surface area (Å²) in [5.41, 5.74) is 5.21. The number of rotatable bonds is 9. The predicted molar refractivity (Wildman–Crippen MR) is 108 cm³/mol. The highest BCUT2D eigenvalue weighted by atomic mass is 16.1. The van der Waals surface area contributed by atoms with Gasteiger partial charge in [0.05, 0.1) is 42.1 Å². The Hall–Kier alpha value is -3.14. The summed E-state index contributed by atoms with van der Waals surface area (Å²) in [5.74, 6) is 0.0547. The van der Waals surface area contributed by atoms with Crippen LogP contribution in [0.2, 0.25) is 0 Å². The molecule has 7 heteroatoms. The maximum atomic E-state index is 12.2. The van der Waals surface area contributed by atoms with Gasteiger partial charge in [-0.15, -0.1) is 0 Å². The summed E-state index contributed by atoms with van der Waals surface area (Å²) < 4.78 is 3.98. The second kappa shape index (κ2) is 9.18. The van der Waals surface area contributed by atoms with E-state index in [-0.39, 0.29) is 5.91 Å². The van der Waals surface area contributed by atoms with Gasteiger partial charge in [-0.3, -0.25) is 9.48 Å². The van der Waals surface area contributed by atoms with Gasteiger partial charge in [0.1, 0.15) is 0 Å². The normalized spacial score (nSPS) is 10.9. The highest BCUT2D eigenvalue weighted by Crippen LogP contribution is 2.15. The molecule has 0 unspecified atom stereocenters. The summed E-state index contributed by atoms with van der Waals surface area (Å²) in [7, 11) is 0. The highest BCUT2D eigenvalue weighted by Gasteiger charge is 2.13. The molecular weight excluding hydrogens is 352 g/mol. The summed E-state index contributed by atoms with van der Waals surface area (Å²) in [6.45, 7) is 6.02. The van der Waals surface area contributed by atoms with Gasteiger partial charge in [-0.2, -0.15) is 10.4 Å². The van der Waals surface area contributed by atoms with Gasteiger partial charge in [-0.1, -0.05) is 12.1 Å². The Morgan fingerprint density at radius 1 is 1.25 bits per heavy atom. The van der Waals surface area contributed by atoms with E-state index in [4.69, 9.17) is 5.26 Å². The number of nitriles is 1. The van der Waals surface area contributed by atoms with Gasteiger partial charge in [-0.25, -0.2) is 4.98 Å². The molecule has 0 atom stereocenters. The van der Waals surface area contributed by atoms with Crippen molar-refractivity contribution in [2.75, 3.05) is 6.54 Å². The quantitative estimate of drug-likeness (QED) is 0.580. The summed E-state index contributed by atoms with van der Waals surface area (Å²) in [6, 6.07) is 10.2. The van der Waals surface area contributed by atoms with Crippen molar-refractivity contribution >= 4 is 16.9 Å². The number of nitrogens with one attached hydrogen (secondary N) is 1. The van der Waals surface area contributed by atoms with Gasteiger partial charge < -0.3 is 9.88 Å². The monoisotopic (exact) mass is 378 g/mol. The third-order valence-electron chi connectivity index (χ3n) is 4.99. The number of aromatic nitrogens is 4. The van der Waals surface area contributed by atoms with E-state index in [0.29, 0.717) is 32.4 Å². The van der Waals surface area contributed by atoms with Crippen LogP contribution in [0.25, 0.3) is 11.0 Å². The van der Waals surface area contributed by atoms with Crippen molar-refractivity contribution in [3.63, 3.8) is 0 Å². The number of hydrogen-bond acceptors (Lipinski definition) is 4. The van der Waals surface area contributed by atoms with Gasteiger partial charge in [0.15, 0.2) is 0 Å². The Bertz CT molecular complexity index is 994. The van der Waals surface area contributed by atoms with E-state index >= 15 is 0 Å². The Kier molecular flexibility index (Phi) is 6.43. The summed E-state index contributed by atoms with van der Waals surface area (Å²) in [6.07, 6.45) is 4.26. The first-order chi connectivity index (χ1) is 13.6. The zero-order valence-corrected chi connectivity index (χ0v) is 16.5. The van der Waals surface area contributed by atoms with E-state index in [1.165, 1.54) is 0 Å². The van der Waals surface area contributed by atoms with Gasteiger partial charge >= 0.3 is 0 Å². The van der Waals surface area contributed by atoms with Crippen molar-refractivity contribution in [2.24, 2.45) is 0 Å². The highest BCUT2D eigenvalue weighted by molar-refractivity contribution is 5.76. The number of amides is 1. The number of carbonyl (C=O) groups excluding carboxylic acids is 1. The van der Waals surface area contributed by atoms with Crippen molar-refractivity contribution in [2.45, 2.75) is 52.6 Å². The van der Waals surface area contributed by atoms with E-state index in [2.05, 4.69) is 32.1 Å². The first-order valence-electron chi connectivity index (χ1n) is 9.66. The number of imidazole rings is 1. The van der Waals surface area contributed by atoms with Crippen molar-refractivity contribution in [1.29, 1.82) is 5.26 Å². The molecular formula is C21H26N6O. The SMILES string of the molecule is Cc1nn(CCC#N)c(C)c1CCC(=O)NCCCn1cnc2ccccc21. The fourth-order valence-electron chi connectivity index (χ4n) is 3.46. The number of benzene rings is 1. The van der Waals surface area contributed by atoms with Crippen molar-refractivity contribution < 1.29 is 4.79 Å². The number of carbonyl (C=O) groups is 1. The van der Waals surface area contributed by atoms with E-state index in [1.54, 1.807) is 0 Å². The number of fused-ring (bicyclic) bond motifs is 1. The number of para-hydroxylation sites is 2. The molecule has 1 aromatic carbocycles. The van der Waals surface area contributed by atoms with E-state index in [0.717, 1.165) is 41.0 Å². The minimum Gasteiger partial charge on any atom is -0.356 e. The van der Waals surface area contributed by atoms with Gasteiger partial charge in [0, 0.05) is 25.2 Å². The molecule has 0 fully saturated rings. The second-order valence-electron chi connectivity index (χ2n) is 6.91. The Labute approximate surface area is 165 Å². The molecule has 1 amide bonds. The third kappa shape index (κ3) is 4.58. The molecule has 146 valence electrons. The zero-order chi connectivity index (χ0) is 19.9. The van der Waals surface area contributed by atoms with Crippen LogP contribution in [-0.4, -0.2) is 31.8 Å². The average molecular weight is 378 g/mol. The zero-order valence-electron chi connectivity index (χ0n) is 16.5. The molecule has 0 aliphatic heterocycles. The fourth-order valence-corrected chi connectivity index (χ4v) is 3.46. The van der Waals surface area contributed by atoms with E-state index < -0.39 is 0 Å². The van der Waals surface area contributed by atoms with Crippen LogP contribution >= 0.6 is 0 Å². The topological polar surface area (TPSA) is 88.5 Å². The van der Waals surface area contributed by atoms with Crippen LogP contribution in [0.4, 0.5) is 0 Å². The summed E-state index contributed by atoms with van der Waals surface area (Å²) >= 11 is 0. The third-order valence-corrected chi connectivity index (χ3v) is 4.99. The van der Waals surface area contributed by atoms with Crippen LogP contribution in [0.1, 0.15) is 36.2 Å². The number of nitrogens with zero attached hydrogens (tertiary/aromatic N) is 5. The molecule has 0 saturated carbocycles. The van der Waals surface area contributed by atoms with Crippen molar-refractivity contribution in [3.05, 3.63) is 47.5 Å². The molecule has 0 radical (unpaired) electrons.